The third-order valence-corrected chi connectivity index (χ3v) is 3.11. The number of carbonyl (C=O) groups excluding carboxylic acids is 1. The predicted molar refractivity (Wildman–Crippen MR) is 86.7 cm³/mol. The van der Waals surface area contributed by atoms with Crippen LogP contribution in [-0.2, 0) is 9.63 Å². The quantitative estimate of drug-likeness (QED) is 0.490. The minimum atomic E-state index is -0.660. The fourth-order valence-corrected chi connectivity index (χ4v) is 1.88. The molecular weight excluding hydrogens is 341 g/mol. The molecule has 2 aromatic carbocycles. The molecule has 0 aromatic heterocycles. The Bertz CT molecular complexity index is 798. The second kappa shape index (κ2) is 8.02. The Hall–Kier alpha value is -3.00. The van der Waals surface area contributed by atoms with Gasteiger partial charge in [0.1, 0.15) is 10.8 Å². The van der Waals surface area contributed by atoms with Gasteiger partial charge >= 0.3 is 0 Å². The molecule has 9 heteroatoms. The second-order valence-corrected chi connectivity index (χ2v) is 4.91. The number of rotatable bonds is 6. The monoisotopic (exact) mass is 351 g/mol. The molecule has 24 heavy (non-hydrogen) atoms. The number of hydrogen-bond donors (Lipinski definition) is 1. The highest BCUT2D eigenvalue weighted by atomic mass is 35.5. The number of anilines is 1. The summed E-state index contributed by atoms with van der Waals surface area (Å²) < 4.78 is 13.3. The first kappa shape index (κ1) is 17.4. The van der Waals surface area contributed by atoms with Gasteiger partial charge in [-0.2, -0.15) is 0 Å². The van der Waals surface area contributed by atoms with E-state index in [0.29, 0.717) is 0 Å². The van der Waals surface area contributed by atoms with E-state index in [1.54, 1.807) is 6.07 Å². The molecule has 1 N–H and O–H groups in total. The Kier molecular flexibility index (Phi) is 5.80. The van der Waals surface area contributed by atoms with Crippen molar-refractivity contribution in [1.29, 1.82) is 0 Å². The average molecular weight is 352 g/mol. The number of carbonyl (C=O) groups is 1. The van der Waals surface area contributed by atoms with Crippen LogP contribution in [0, 0.1) is 15.9 Å². The van der Waals surface area contributed by atoms with Crippen LogP contribution in [0.15, 0.2) is 47.6 Å². The molecule has 0 fully saturated rings. The van der Waals surface area contributed by atoms with Crippen LogP contribution < -0.4 is 5.32 Å². The average Bonchev–Trinajstić information content (AvgIpc) is 2.54. The summed E-state index contributed by atoms with van der Waals surface area (Å²) in [6, 6.07) is 9.76. The largest absolute Gasteiger partial charge is 0.386 e. The lowest BCUT2D eigenvalue weighted by atomic mass is 10.2. The van der Waals surface area contributed by atoms with E-state index < -0.39 is 23.3 Å². The number of hydrogen-bond acceptors (Lipinski definition) is 5. The Morgan fingerprint density at radius 2 is 2.12 bits per heavy atom. The molecule has 2 rings (SSSR count). The number of halogens is 2. The lowest BCUT2D eigenvalue weighted by molar-refractivity contribution is -0.384. The molecule has 0 atom stereocenters. The van der Waals surface area contributed by atoms with Crippen molar-refractivity contribution in [3.8, 4) is 0 Å². The summed E-state index contributed by atoms with van der Waals surface area (Å²) in [4.78, 5) is 26.5. The van der Waals surface area contributed by atoms with Crippen molar-refractivity contribution in [2.75, 3.05) is 11.9 Å². The second-order valence-electron chi connectivity index (χ2n) is 4.50. The van der Waals surface area contributed by atoms with Gasteiger partial charge in [-0.25, -0.2) is 4.39 Å². The molecule has 0 saturated heterocycles. The van der Waals surface area contributed by atoms with E-state index in [9.17, 15) is 19.3 Å². The number of nitrogens with one attached hydrogen (secondary N) is 1. The maximum Gasteiger partial charge on any atom is 0.289 e. The molecule has 0 aliphatic rings. The summed E-state index contributed by atoms with van der Waals surface area (Å²) in [6.07, 6.45) is 1.13. The predicted octanol–water partition coefficient (Wildman–Crippen LogP) is 3.38. The van der Waals surface area contributed by atoms with Crippen molar-refractivity contribution in [2.24, 2.45) is 5.16 Å². The summed E-state index contributed by atoms with van der Waals surface area (Å²) in [5.74, 6) is -1.06. The molecule has 0 aliphatic carbocycles. The summed E-state index contributed by atoms with van der Waals surface area (Å²) in [5.41, 5.74) is 0.0805. The first-order chi connectivity index (χ1) is 11.5. The third kappa shape index (κ3) is 4.75. The van der Waals surface area contributed by atoms with Crippen molar-refractivity contribution in [1.82, 2.24) is 0 Å². The SMILES string of the molecule is O=C(CO/N=C\c1ccccc1F)Nc1ccc(Cl)c([N+](=O)[O-])c1. The Labute approximate surface area is 140 Å². The van der Waals surface area contributed by atoms with E-state index >= 15 is 0 Å². The van der Waals surface area contributed by atoms with Crippen LogP contribution in [0.2, 0.25) is 5.02 Å². The number of benzene rings is 2. The van der Waals surface area contributed by atoms with Crippen LogP contribution in [0.3, 0.4) is 0 Å². The molecule has 7 nitrogen and oxygen atoms in total. The van der Waals surface area contributed by atoms with Crippen molar-refractivity contribution < 1.29 is 18.9 Å². The molecule has 0 spiro atoms. The summed E-state index contributed by atoms with van der Waals surface area (Å²) >= 11 is 5.67. The van der Waals surface area contributed by atoms with Gasteiger partial charge in [0.25, 0.3) is 11.6 Å². The lowest BCUT2D eigenvalue weighted by Gasteiger charge is -2.05. The van der Waals surface area contributed by atoms with Crippen molar-refractivity contribution in [3.05, 3.63) is 69.0 Å². The van der Waals surface area contributed by atoms with Gasteiger partial charge in [-0.3, -0.25) is 14.9 Å². The van der Waals surface area contributed by atoms with Crippen LogP contribution in [0.25, 0.3) is 0 Å². The van der Waals surface area contributed by atoms with Gasteiger partial charge in [-0.15, -0.1) is 0 Å². The standard InChI is InChI=1S/C15H11ClFN3O4/c16-12-6-5-11(7-14(12)20(22)23)19-15(21)9-24-18-8-10-3-1-2-4-13(10)17/h1-8H,9H2,(H,19,21)/b18-8-. The van der Waals surface area contributed by atoms with E-state index in [4.69, 9.17) is 16.4 Å². The molecule has 0 bridgehead atoms. The smallest absolute Gasteiger partial charge is 0.289 e. The van der Waals surface area contributed by atoms with Gasteiger partial charge in [-0.05, 0) is 18.2 Å². The van der Waals surface area contributed by atoms with Gasteiger partial charge in [0.05, 0.1) is 11.1 Å². The molecule has 0 aliphatic heterocycles. The van der Waals surface area contributed by atoms with Crippen molar-refractivity contribution in [2.45, 2.75) is 0 Å². The van der Waals surface area contributed by atoms with E-state index in [-0.39, 0.29) is 22.0 Å². The molecule has 0 radical (unpaired) electrons. The minimum absolute atomic E-state index is 0.0382. The van der Waals surface area contributed by atoms with Crippen LogP contribution in [0.5, 0.6) is 0 Å². The normalized spacial score (nSPS) is 10.6. The van der Waals surface area contributed by atoms with E-state index in [1.165, 1.54) is 30.3 Å². The van der Waals surface area contributed by atoms with Crippen molar-refractivity contribution in [3.63, 3.8) is 0 Å². The van der Waals surface area contributed by atoms with E-state index in [1.807, 2.05) is 0 Å². The van der Waals surface area contributed by atoms with Crippen LogP contribution in [0.4, 0.5) is 15.8 Å². The van der Waals surface area contributed by atoms with Crippen LogP contribution in [0.1, 0.15) is 5.56 Å². The highest BCUT2D eigenvalue weighted by Gasteiger charge is 2.14. The van der Waals surface area contributed by atoms with Crippen molar-refractivity contribution >= 4 is 35.1 Å². The molecule has 124 valence electrons. The van der Waals surface area contributed by atoms with E-state index in [2.05, 4.69) is 10.5 Å². The zero-order chi connectivity index (χ0) is 17.5. The van der Waals surface area contributed by atoms with Gasteiger partial charge in [0, 0.05) is 17.3 Å². The molecule has 1 amide bonds. The Morgan fingerprint density at radius 1 is 1.38 bits per heavy atom. The Balaban J connectivity index is 1.89. The van der Waals surface area contributed by atoms with Crippen LogP contribution in [-0.4, -0.2) is 23.7 Å². The van der Waals surface area contributed by atoms with Crippen LogP contribution >= 0.6 is 11.6 Å². The Morgan fingerprint density at radius 3 is 2.83 bits per heavy atom. The summed E-state index contributed by atoms with van der Waals surface area (Å²) in [7, 11) is 0. The number of amides is 1. The summed E-state index contributed by atoms with van der Waals surface area (Å²) in [6.45, 7) is -0.443. The number of oxime groups is 1. The number of nitrogens with zero attached hydrogens (tertiary/aromatic N) is 2. The van der Waals surface area contributed by atoms with Gasteiger partial charge < -0.3 is 10.2 Å². The van der Waals surface area contributed by atoms with Gasteiger partial charge in [-0.1, -0.05) is 35.0 Å². The van der Waals surface area contributed by atoms with Gasteiger partial charge in [0.2, 0.25) is 0 Å². The molecule has 0 saturated carbocycles. The lowest BCUT2D eigenvalue weighted by Crippen LogP contribution is -2.17. The fraction of sp³-hybridized carbons (Fsp3) is 0.0667. The first-order valence-electron chi connectivity index (χ1n) is 6.61. The minimum Gasteiger partial charge on any atom is -0.386 e. The topological polar surface area (TPSA) is 93.8 Å². The maximum absolute atomic E-state index is 13.3. The molecule has 0 heterocycles. The van der Waals surface area contributed by atoms with E-state index in [0.717, 1.165) is 12.3 Å². The molecular formula is C15H11ClFN3O4. The zero-order valence-electron chi connectivity index (χ0n) is 12.1. The number of nitro groups is 1. The first-order valence-corrected chi connectivity index (χ1v) is 6.99. The highest BCUT2D eigenvalue weighted by Crippen LogP contribution is 2.27. The third-order valence-electron chi connectivity index (χ3n) is 2.79. The van der Waals surface area contributed by atoms with Gasteiger partial charge in [0.15, 0.2) is 6.61 Å². The number of nitro benzene ring substituents is 1. The zero-order valence-corrected chi connectivity index (χ0v) is 12.9. The highest BCUT2D eigenvalue weighted by molar-refractivity contribution is 6.32. The molecule has 0 unspecified atom stereocenters. The summed E-state index contributed by atoms with van der Waals surface area (Å²) in [5, 5.41) is 16.6. The molecule has 2 aromatic rings. The maximum atomic E-state index is 13.3. The fourth-order valence-electron chi connectivity index (χ4n) is 1.70.